The third kappa shape index (κ3) is 2.39. The molecule has 0 bridgehead atoms. The van der Waals surface area contributed by atoms with E-state index in [4.69, 9.17) is 5.73 Å². The summed E-state index contributed by atoms with van der Waals surface area (Å²) in [6.45, 7) is 4.36. The summed E-state index contributed by atoms with van der Waals surface area (Å²) in [5.41, 5.74) is 8.93. The van der Waals surface area contributed by atoms with Crippen LogP contribution >= 0.6 is 0 Å². The fourth-order valence-electron chi connectivity index (χ4n) is 2.64. The molecule has 1 fully saturated rings. The average Bonchev–Trinajstić information content (AvgIpc) is 2.16. The average molecular weight is 204 g/mol. The lowest BCUT2D eigenvalue weighted by molar-refractivity contribution is 0.226. The summed E-state index contributed by atoms with van der Waals surface area (Å²) in [7, 11) is 2.16. The van der Waals surface area contributed by atoms with E-state index in [0.29, 0.717) is 12.0 Å². The number of hydrogen-bond acceptors (Lipinski definition) is 2. The van der Waals surface area contributed by atoms with Crippen molar-refractivity contribution in [3.05, 3.63) is 35.4 Å². The molecular weight excluding hydrogens is 184 g/mol. The van der Waals surface area contributed by atoms with Crippen LogP contribution in [0.1, 0.15) is 23.5 Å². The van der Waals surface area contributed by atoms with Crippen LogP contribution in [0.4, 0.5) is 0 Å². The molecule has 2 N–H and O–H groups in total. The molecular formula is C13H20N2. The van der Waals surface area contributed by atoms with Gasteiger partial charge in [-0.15, -0.1) is 0 Å². The highest BCUT2D eigenvalue weighted by Crippen LogP contribution is 2.27. The Morgan fingerprint density at radius 3 is 2.67 bits per heavy atom. The van der Waals surface area contributed by atoms with E-state index >= 15 is 0 Å². The summed E-state index contributed by atoms with van der Waals surface area (Å²) in [6.07, 6.45) is 1.12. The SMILES string of the molecule is Cc1ccccc1C1CC(N)CN(C)C1. The number of nitrogens with two attached hydrogens (primary N) is 1. The maximum Gasteiger partial charge on any atom is 0.0174 e. The van der Waals surface area contributed by atoms with Gasteiger partial charge in [0.15, 0.2) is 0 Å². The highest BCUT2D eigenvalue weighted by atomic mass is 15.1. The first-order chi connectivity index (χ1) is 7.16. The van der Waals surface area contributed by atoms with Crippen molar-refractivity contribution >= 4 is 0 Å². The van der Waals surface area contributed by atoms with E-state index < -0.39 is 0 Å². The third-order valence-electron chi connectivity index (χ3n) is 3.29. The van der Waals surface area contributed by atoms with E-state index in [-0.39, 0.29) is 0 Å². The molecule has 1 aliphatic heterocycles. The largest absolute Gasteiger partial charge is 0.327 e. The van der Waals surface area contributed by atoms with Gasteiger partial charge in [-0.25, -0.2) is 0 Å². The molecule has 1 saturated heterocycles. The van der Waals surface area contributed by atoms with Crippen LogP contribution in [0.15, 0.2) is 24.3 Å². The van der Waals surface area contributed by atoms with Crippen LogP contribution in [0, 0.1) is 6.92 Å². The molecule has 2 unspecified atom stereocenters. The van der Waals surface area contributed by atoms with Gasteiger partial charge in [-0.3, -0.25) is 0 Å². The van der Waals surface area contributed by atoms with Crippen molar-refractivity contribution in [1.82, 2.24) is 4.90 Å². The number of likely N-dealkylation sites (tertiary alicyclic amines) is 1. The molecule has 1 heterocycles. The van der Waals surface area contributed by atoms with Gasteiger partial charge in [0, 0.05) is 19.1 Å². The van der Waals surface area contributed by atoms with Crippen molar-refractivity contribution in [1.29, 1.82) is 0 Å². The van der Waals surface area contributed by atoms with Crippen molar-refractivity contribution in [2.45, 2.75) is 25.3 Å². The Morgan fingerprint density at radius 1 is 1.27 bits per heavy atom. The molecule has 0 radical (unpaired) electrons. The van der Waals surface area contributed by atoms with Crippen LogP contribution in [0.2, 0.25) is 0 Å². The molecule has 82 valence electrons. The molecule has 1 aromatic carbocycles. The molecule has 1 aromatic rings. The summed E-state index contributed by atoms with van der Waals surface area (Å²) < 4.78 is 0. The molecule has 0 amide bonds. The Bertz CT molecular complexity index is 325. The van der Waals surface area contributed by atoms with E-state index in [0.717, 1.165) is 19.5 Å². The minimum atomic E-state index is 0.327. The molecule has 0 spiro atoms. The first kappa shape index (κ1) is 10.7. The van der Waals surface area contributed by atoms with Crippen LogP contribution in [-0.2, 0) is 0 Å². The van der Waals surface area contributed by atoms with Crippen molar-refractivity contribution in [3.8, 4) is 0 Å². The zero-order chi connectivity index (χ0) is 10.8. The predicted octanol–water partition coefficient (Wildman–Crippen LogP) is 1.74. The highest BCUT2D eigenvalue weighted by molar-refractivity contribution is 5.30. The highest BCUT2D eigenvalue weighted by Gasteiger charge is 2.24. The van der Waals surface area contributed by atoms with Gasteiger partial charge >= 0.3 is 0 Å². The molecule has 2 nitrogen and oxygen atoms in total. The van der Waals surface area contributed by atoms with E-state index in [1.165, 1.54) is 11.1 Å². The second kappa shape index (κ2) is 4.33. The summed E-state index contributed by atoms with van der Waals surface area (Å²) in [4.78, 5) is 2.34. The fraction of sp³-hybridized carbons (Fsp3) is 0.538. The lowest BCUT2D eigenvalue weighted by Gasteiger charge is -2.34. The minimum absolute atomic E-state index is 0.327. The monoisotopic (exact) mass is 204 g/mol. The van der Waals surface area contributed by atoms with E-state index in [1.807, 2.05) is 0 Å². The quantitative estimate of drug-likeness (QED) is 0.755. The molecule has 1 aliphatic rings. The topological polar surface area (TPSA) is 29.3 Å². The molecule has 0 aliphatic carbocycles. The molecule has 15 heavy (non-hydrogen) atoms. The maximum atomic E-state index is 6.06. The van der Waals surface area contributed by atoms with E-state index in [1.54, 1.807) is 0 Å². The number of piperidine rings is 1. The lowest BCUT2D eigenvalue weighted by atomic mass is 9.86. The van der Waals surface area contributed by atoms with Gasteiger partial charge in [0.05, 0.1) is 0 Å². The molecule has 2 atom stereocenters. The maximum absolute atomic E-state index is 6.06. The van der Waals surface area contributed by atoms with Crippen LogP contribution in [0.3, 0.4) is 0 Å². The Kier molecular flexibility index (Phi) is 3.08. The van der Waals surface area contributed by atoms with Crippen molar-refractivity contribution in [2.75, 3.05) is 20.1 Å². The predicted molar refractivity (Wildman–Crippen MR) is 64.0 cm³/mol. The Hall–Kier alpha value is -0.860. The van der Waals surface area contributed by atoms with E-state index in [2.05, 4.69) is 43.1 Å². The van der Waals surface area contributed by atoms with Gasteiger partial charge in [0.25, 0.3) is 0 Å². The molecule has 0 aromatic heterocycles. The zero-order valence-corrected chi connectivity index (χ0v) is 9.61. The van der Waals surface area contributed by atoms with Crippen LogP contribution in [-0.4, -0.2) is 31.1 Å². The van der Waals surface area contributed by atoms with Gasteiger partial charge in [0.1, 0.15) is 0 Å². The first-order valence-corrected chi connectivity index (χ1v) is 5.66. The Morgan fingerprint density at radius 2 is 2.00 bits per heavy atom. The molecule has 2 rings (SSSR count). The molecule has 2 heteroatoms. The number of rotatable bonds is 1. The molecule has 0 saturated carbocycles. The van der Waals surface area contributed by atoms with Crippen LogP contribution in [0.5, 0.6) is 0 Å². The number of aryl methyl sites for hydroxylation is 1. The van der Waals surface area contributed by atoms with E-state index in [9.17, 15) is 0 Å². The fourth-order valence-corrected chi connectivity index (χ4v) is 2.64. The second-order valence-electron chi connectivity index (χ2n) is 4.77. The summed E-state index contributed by atoms with van der Waals surface area (Å²) in [6, 6.07) is 8.99. The van der Waals surface area contributed by atoms with Gasteiger partial charge in [-0.05, 0) is 37.4 Å². The number of hydrogen-bond donors (Lipinski definition) is 1. The summed E-state index contributed by atoms with van der Waals surface area (Å²) in [5.74, 6) is 0.611. The second-order valence-corrected chi connectivity index (χ2v) is 4.77. The number of likely N-dealkylation sites (N-methyl/N-ethyl adjacent to an activating group) is 1. The van der Waals surface area contributed by atoms with Gasteiger partial charge in [0.2, 0.25) is 0 Å². The standard InChI is InChI=1S/C13H20N2/c1-10-5-3-4-6-13(10)11-7-12(14)9-15(2)8-11/h3-6,11-12H,7-9,14H2,1-2H3. The number of nitrogens with zero attached hydrogens (tertiary/aromatic N) is 1. The lowest BCUT2D eigenvalue weighted by Crippen LogP contribution is -2.44. The van der Waals surface area contributed by atoms with Crippen molar-refractivity contribution < 1.29 is 0 Å². The van der Waals surface area contributed by atoms with Crippen molar-refractivity contribution in [3.63, 3.8) is 0 Å². The third-order valence-corrected chi connectivity index (χ3v) is 3.29. The van der Waals surface area contributed by atoms with Crippen LogP contribution in [0.25, 0.3) is 0 Å². The smallest absolute Gasteiger partial charge is 0.0174 e. The summed E-state index contributed by atoms with van der Waals surface area (Å²) >= 11 is 0. The normalized spacial score (nSPS) is 27.9. The summed E-state index contributed by atoms with van der Waals surface area (Å²) in [5, 5.41) is 0. The van der Waals surface area contributed by atoms with Crippen LogP contribution < -0.4 is 5.73 Å². The van der Waals surface area contributed by atoms with Gasteiger partial charge in [-0.2, -0.15) is 0 Å². The van der Waals surface area contributed by atoms with Gasteiger partial charge < -0.3 is 10.6 Å². The number of benzene rings is 1. The van der Waals surface area contributed by atoms with Gasteiger partial charge in [-0.1, -0.05) is 24.3 Å². The Balaban J connectivity index is 2.20. The first-order valence-electron chi connectivity index (χ1n) is 5.66. The minimum Gasteiger partial charge on any atom is -0.327 e. The van der Waals surface area contributed by atoms with Crippen molar-refractivity contribution in [2.24, 2.45) is 5.73 Å². The Labute approximate surface area is 92.1 Å². The zero-order valence-electron chi connectivity index (χ0n) is 9.61.